The molecule has 0 aromatic carbocycles. The third-order valence-corrected chi connectivity index (χ3v) is 6.32. The summed E-state index contributed by atoms with van der Waals surface area (Å²) in [6, 6.07) is 0. The lowest BCUT2D eigenvalue weighted by Gasteiger charge is -2.42. The number of unbranched alkanes of at least 4 members (excludes halogenated alkanes) is 6. The molecule has 1 saturated heterocycles. The number of amides is 1. The van der Waals surface area contributed by atoms with Crippen molar-refractivity contribution in [1.82, 2.24) is 4.90 Å². The Labute approximate surface area is 206 Å². The van der Waals surface area contributed by atoms with Gasteiger partial charge in [0, 0.05) is 20.0 Å². The number of carbonyl (C=O) groups is 1. The van der Waals surface area contributed by atoms with Gasteiger partial charge >= 0.3 is 0 Å². The Balaban J connectivity index is 2.65. The highest BCUT2D eigenvalue weighted by Crippen LogP contribution is 2.25. The molecule has 0 aliphatic carbocycles. The summed E-state index contributed by atoms with van der Waals surface area (Å²) >= 11 is 0. The maximum absolute atomic E-state index is 12.4. The molecule has 1 amide bonds. The quantitative estimate of drug-likeness (QED) is 0.0989. The first-order chi connectivity index (χ1) is 16.6. The van der Waals surface area contributed by atoms with Crippen LogP contribution in [0.2, 0.25) is 0 Å². The normalized spacial score (nSPS) is 28.3. The molecular weight excluding hydrogens is 466 g/mol. The summed E-state index contributed by atoms with van der Waals surface area (Å²) in [6.07, 6.45) is -7.36. The van der Waals surface area contributed by atoms with Crippen molar-refractivity contribution in [2.75, 3.05) is 26.8 Å². The molecule has 8 N–H and O–H groups in total. The van der Waals surface area contributed by atoms with Gasteiger partial charge in [0.2, 0.25) is 5.91 Å². The Morgan fingerprint density at radius 2 is 1.51 bits per heavy atom. The van der Waals surface area contributed by atoms with Gasteiger partial charge in [0.25, 0.3) is 0 Å². The molecule has 0 aromatic heterocycles. The van der Waals surface area contributed by atoms with E-state index >= 15 is 0 Å². The number of nitrogens with zero attached hydrogens (tertiary/aromatic N) is 1. The average Bonchev–Trinajstić information content (AvgIpc) is 2.85. The molecule has 0 saturated carbocycles. The van der Waals surface area contributed by atoms with E-state index in [0.717, 1.165) is 19.3 Å². The van der Waals surface area contributed by atoms with E-state index < -0.39 is 68.3 Å². The van der Waals surface area contributed by atoms with Crippen LogP contribution in [0.15, 0.2) is 0 Å². The number of hydrogen-bond acceptors (Lipinski definition) is 11. The highest BCUT2D eigenvalue weighted by Gasteiger charge is 2.46. The SMILES string of the molecule is CCCCCCCCCC(=O)N(C)C[C@H](O)[C@@H](O)[C@H](O[C@@H]1O[C@H](CO)[C@H](O)[C@H](O)[C@H]1O)[C@H](O)CO. The molecule has 1 aliphatic rings. The molecule has 1 aliphatic heterocycles. The fourth-order valence-electron chi connectivity index (χ4n) is 3.97. The lowest BCUT2D eigenvalue weighted by Crippen LogP contribution is -2.61. The Bertz CT molecular complexity index is 582. The lowest BCUT2D eigenvalue weighted by atomic mass is 9.98. The molecule has 0 radical (unpaired) electrons. The van der Waals surface area contributed by atoms with Gasteiger partial charge in [0.1, 0.15) is 48.8 Å². The second-order valence-electron chi connectivity index (χ2n) is 9.25. The third-order valence-electron chi connectivity index (χ3n) is 6.32. The average molecular weight is 512 g/mol. The summed E-state index contributed by atoms with van der Waals surface area (Å²) in [5.41, 5.74) is 0. The van der Waals surface area contributed by atoms with Crippen LogP contribution in [0.1, 0.15) is 58.3 Å². The topological polar surface area (TPSA) is 201 Å². The van der Waals surface area contributed by atoms with Crippen molar-refractivity contribution in [3.05, 3.63) is 0 Å². The van der Waals surface area contributed by atoms with Gasteiger partial charge in [-0.05, 0) is 6.42 Å². The molecule has 1 rings (SSSR count). The fraction of sp³-hybridized carbons (Fsp3) is 0.957. The van der Waals surface area contributed by atoms with Crippen molar-refractivity contribution in [2.45, 2.75) is 113 Å². The number of aliphatic hydroxyl groups is 8. The van der Waals surface area contributed by atoms with E-state index in [1.54, 1.807) is 0 Å². The van der Waals surface area contributed by atoms with Gasteiger partial charge in [-0.2, -0.15) is 0 Å². The smallest absolute Gasteiger partial charge is 0.222 e. The first-order valence-corrected chi connectivity index (χ1v) is 12.4. The fourth-order valence-corrected chi connectivity index (χ4v) is 3.97. The van der Waals surface area contributed by atoms with Crippen LogP contribution in [0.25, 0.3) is 0 Å². The van der Waals surface area contributed by atoms with Gasteiger partial charge in [-0.1, -0.05) is 45.4 Å². The highest BCUT2D eigenvalue weighted by atomic mass is 16.7. The van der Waals surface area contributed by atoms with Crippen molar-refractivity contribution >= 4 is 5.91 Å². The van der Waals surface area contributed by atoms with Crippen molar-refractivity contribution in [3.63, 3.8) is 0 Å². The van der Waals surface area contributed by atoms with Crippen LogP contribution in [-0.2, 0) is 14.3 Å². The van der Waals surface area contributed by atoms with Crippen LogP contribution >= 0.6 is 0 Å². The lowest BCUT2D eigenvalue weighted by molar-refractivity contribution is -0.327. The molecule has 9 atom stereocenters. The van der Waals surface area contributed by atoms with Gasteiger partial charge in [-0.3, -0.25) is 4.79 Å². The zero-order valence-electron chi connectivity index (χ0n) is 20.7. The zero-order valence-corrected chi connectivity index (χ0v) is 20.7. The summed E-state index contributed by atoms with van der Waals surface area (Å²) in [7, 11) is 1.47. The van der Waals surface area contributed by atoms with E-state index in [1.807, 2.05) is 0 Å². The monoisotopic (exact) mass is 511 g/mol. The maximum atomic E-state index is 12.4. The van der Waals surface area contributed by atoms with E-state index in [4.69, 9.17) is 9.47 Å². The van der Waals surface area contributed by atoms with Crippen LogP contribution in [0.5, 0.6) is 0 Å². The molecule has 208 valence electrons. The summed E-state index contributed by atoms with van der Waals surface area (Å²) in [6.45, 7) is 0.269. The summed E-state index contributed by atoms with van der Waals surface area (Å²) in [4.78, 5) is 13.6. The first-order valence-electron chi connectivity index (χ1n) is 12.4. The van der Waals surface area contributed by atoms with Crippen LogP contribution in [-0.4, -0.2) is 134 Å². The van der Waals surface area contributed by atoms with E-state index in [0.29, 0.717) is 6.42 Å². The van der Waals surface area contributed by atoms with Gasteiger partial charge in [0.15, 0.2) is 6.29 Å². The Morgan fingerprint density at radius 1 is 0.914 bits per heavy atom. The first kappa shape index (κ1) is 32.1. The van der Waals surface area contributed by atoms with Crippen LogP contribution < -0.4 is 0 Å². The largest absolute Gasteiger partial charge is 0.394 e. The molecule has 35 heavy (non-hydrogen) atoms. The second-order valence-corrected chi connectivity index (χ2v) is 9.25. The van der Waals surface area contributed by atoms with Gasteiger partial charge in [0.05, 0.1) is 13.2 Å². The molecule has 1 fully saturated rings. The van der Waals surface area contributed by atoms with Crippen molar-refractivity contribution < 1.29 is 55.1 Å². The molecular formula is C23H45NO11. The van der Waals surface area contributed by atoms with Crippen molar-refractivity contribution in [1.29, 1.82) is 0 Å². The summed E-state index contributed by atoms with van der Waals surface area (Å²) in [5, 5.41) is 79.8. The minimum absolute atomic E-state index is 0.223. The Kier molecular flexibility index (Phi) is 15.4. The standard InChI is InChI=1S/C23H45NO11/c1-3-4-5-6-7-8-9-10-17(29)24(2)11-14(27)18(30)22(15(28)12-25)35-23-21(33)20(32)19(31)16(13-26)34-23/h14-16,18-23,25-28,30-33H,3-13H2,1-2H3/t14-,15+,16+,18+,19-,20-,21+,22+,23-/m0/s1. The second kappa shape index (κ2) is 16.7. The van der Waals surface area contributed by atoms with E-state index in [-0.39, 0.29) is 18.9 Å². The maximum Gasteiger partial charge on any atom is 0.222 e. The van der Waals surface area contributed by atoms with Gasteiger partial charge in [-0.15, -0.1) is 0 Å². The molecule has 0 bridgehead atoms. The number of carbonyl (C=O) groups excluding carboxylic acids is 1. The van der Waals surface area contributed by atoms with Crippen LogP contribution in [0, 0.1) is 0 Å². The van der Waals surface area contributed by atoms with Crippen molar-refractivity contribution in [2.24, 2.45) is 0 Å². The molecule has 12 heteroatoms. The number of aliphatic hydroxyl groups excluding tert-OH is 8. The molecule has 0 unspecified atom stereocenters. The molecule has 0 aromatic rings. The van der Waals surface area contributed by atoms with Gasteiger partial charge < -0.3 is 55.2 Å². The van der Waals surface area contributed by atoms with E-state index in [2.05, 4.69) is 6.92 Å². The minimum Gasteiger partial charge on any atom is -0.394 e. The van der Waals surface area contributed by atoms with Gasteiger partial charge in [-0.25, -0.2) is 0 Å². The summed E-state index contributed by atoms with van der Waals surface area (Å²) in [5.74, 6) is -0.223. The Morgan fingerprint density at radius 3 is 2.09 bits per heavy atom. The number of ether oxygens (including phenoxy) is 2. The van der Waals surface area contributed by atoms with E-state index in [1.165, 1.54) is 31.2 Å². The molecule has 1 heterocycles. The predicted octanol–water partition coefficient (Wildman–Crippen LogP) is -2.15. The summed E-state index contributed by atoms with van der Waals surface area (Å²) < 4.78 is 10.6. The van der Waals surface area contributed by atoms with Crippen LogP contribution in [0.3, 0.4) is 0 Å². The zero-order chi connectivity index (χ0) is 26.5. The number of likely N-dealkylation sites (N-methyl/N-ethyl adjacent to an activating group) is 1. The van der Waals surface area contributed by atoms with Crippen LogP contribution in [0.4, 0.5) is 0 Å². The number of rotatable bonds is 17. The predicted molar refractivity (Wildman–Crippen MR) is 124 cm³/mol. The number of hydrogen-bond donors (Lipinski definition) is 8. The van der Waals surface area contributed by atoms with Crippen molar-refractivity contribution in [3.8, 4) is 0 Å². The highest BCUT2D eigenvalue weighted by molar-refractivity contribution is 5.75. The molecule has 12 nitrogen and oxygen atoms in total. The minimum atomic E-state index is -1.82. The van der Waals surface area contributed by atoms with E-state index in [9.17, 15) is 45.6 Å². The Hall–Kier alpha value is -0.930. The molecule has 0 spiro atoms. The third kappa shape index (κ3) is 10.2.